The van der Waals surface area contributed by atoms with E-state index >= 15 is 0 Å². The fraction of sp³-hybridized carbons (Fsp3) is 0.500. The van der Waals surface area contributed by atoms with Crippen molar-refractivity contribution in [2.75, 3.05) is 0 Å². The molecule has 0 aliphatic rings. The maximum Gasteiger partial charge on any atom is 0.159 e. The van der Waals surface area contributed by atoms with E-state index in [1.54, 1.807) is 6.21 Å². The molecule has 1 aromatic heterocycles. The standard InChI is InChI=1S/C8H11BrN2OS2/c1-8(2,3)14(12)10-4-6-5-13-7(9)11-6/h4-5H,1-3H3. The van der Waals surface area contributed by atoms with E-state index in [0.29, 0.717) is 0 Å². The molecule has 0 bridgehead atoms. The molecule has 14 heavy (non-hydrogen) atoms. The summed E-state index contributed by atoms with van der Waals surface area (Å²) in [6.07, 6.45) is 1.54. The number of halogens is 1. The predicted octanol–water partition coefficient (Wildman–Crippen LogP) is 2.79. The second kappa shape index (κ2) is 4.63. The van der Waals surface area contributed by atoms with E-state index in [9.17, 15) is 4.21 Å². The van der Waals surface area contributed by atoms with Gasteiger partial charge in [-0.2, -0.15) is 4.40 Å². The zero-order valence-electron chi connectivity index (χ0n) is 8.15. The SMILES string of the molecule is CC(C)(C)S(=O)N=Cc1csc(Br)n1. The Morgan fingerprint density at radius 2 is 2.29 bits per heavy atom. The first-order chi connectivity index (χ1) is 6.39. The Kier molecular flexibility index (Phi) is 3.97. The molecule has 3 nitrogen and oxygen atoms in total. The third-order valence-corrected chi connectivity index (χ3v) is 4.03. The lowest BCUT2D eigenvalue weighted by Crippen LogP contribution is -2.19. The smallest absolute Gasteiger partial charge is 0.159 e. The van der Waals surface area contributed by atoms with Crippen molar-refractivity contribution in [1.82, 2.24) is 4.98 Å². The number of rotatable bonds is 2. The van der Waals surface area contributed by atoms with E-state index in [1.165, 1.54) is 11.3 Å². The third kappa shape index (κ3) is 3.59. The summed E-state index contributed by atoms with van der Waals surface area (Å²) in [5.74, 6) is 0. The molecule has 0 aliphatic carbocycles. The van der Waals surface area contributed by atoms with Crippen LogP contribution < -0.4 is 0 Å². The Morgan fingerprint density at radius 1 is 1.64 bits per heavy atom. The minimum absolute atomic E-state index is 0.316. The molecule has 0 aliphatic heterocycles. The van der Waals surface area contributed by atoms with Crippen LogP contribution in [-0.2, 0) is 11.0 Å². The van der Waals surface area contributed by atoms with Crippen molar-refractivity contribution in [2.24, 2.45) is 4.40 Å². The van der Waals surface area contributed by atoms with Crippen molar-refractivity contribution in [3.8, 4) is 0 Å². The Hall–Kier alpha value is -0.0700. The molecule has 0 radical (unpaired) electrons. The minimum atomic E-state index is -1.21. The van der Waals surface area contributed by atoms with Crippen LogP contribution in [0.3, 0.4) is 0 Å². The summed E-state index contributed by atoms with van der Waals surface area (Å²) in [7, 11) is -1.21. The van der Waals surface area contributed by atoms with Crippen LogP contribution in [0.4, 0.5) is 0 Å². The Bertz CT molecular complexity index is 368. The maximum absolute atomic E-state index is 11.5. The predicted molar refractivity (Wildman–Crippen MR) is 65.3 cm³/mol. The van der Waals surface area contributed by atoms with Crippen LogP contribution >= 0.6 is 27.3 Å². The van der Waals surface area contributed by atoms with E-state index < -0.39 is 11.0 Å². The summed E-state index contributed by atoms with van der Waals surface area (Å²) in [4.78, 5) is 4.12. The number of thiazole rings is 1. The molecular weight excluding hydrogens is 284 g/mol. The molecule has 6 heteroatoms. The van der Waals surface area contributed by atoms with Crippen LogP contribution in [0.25, 0.3) is 0 Å². The number of aromatic nitrogens is 1. The molecule has 78 valence electrons. The summed E-state index contributed by atoms with van der Waals surface area (Å²) >= 11 is 4.73. The second-order valence-electron chi connectivity index (χ2n) is 3.62. The van der Waals surface area contributed by atoms with E-state index in [1.807, 2.05) is 26.2 Å². The maximum atomic E-state index is 11.5. The van der Waals surface area contributed by atoms with E-state index in [-0.39, 0.29) is 4.75 Å². The van der Waals surface area contributed by atoms with Gasteiger partial charge in [0.25, 0.3) is 0 Å². The molecule has 0 saturated heterocycles. The van der Waals surface area contributed by atoms with Crippen LogP contribution in [0.5, 0.6) is 0 Å². The van der Waals surface area contributed by atoms with Crippen molar-refractivity contribution in [1.29, 1.82) is 0 Å². The van der Waals surface area contributed by atoms with Gasteiger partial charge in [-0.05, 0) is 36.7 Å². The van der Waals surface area contributed by atoms with Crippen molar-refractivity contribution in [2.45, 2.75) is 25.5 Å². The van der Waals surface area contributed by atoms with Gasteiger partial charge in [-0.1, -0.05) is 0 Å². The summed E-state index contributed by atoms with van der Waals surface area (Å²) in [6, 6.07) is 0. The highest BCUT2D eigenvalue weighted by molar-refractivity contribution is 9.11. The van der Waals surface area contributed by atoms with Crippen LogP contribution in [-0.4, -0.2) is 20.2 Å². The summed E-state index contributed by atoms with van der Waals surface area (Å²) in [5.41, 5.74) is 0.736. The molecule has 1 heterocycles. The van der Waals surface area contributed by atoms with Gasteiger partial charge in [0.15, 0.2) is 3.92 Å². The normalized spacial score (nSPS) is 14.9. The average Bonchev–Trinajstić information content (AvgIpc) is 2.45. The van der Waals surface area contributed by atoms with Gasteiger partial charge in [-0.15, -0.1) is 11.3 Å². The lowest BCUT2D eigenvalue weighted by atomic mass is 10.3. The van der Waals surface area contributed by atoms with Crippen LogP contribution in [0, 0.1) is 0 Å². The monoisotopic (exact) mass is 294 g/mol. The van der Waals surface area contributed by atoms with E-state index in [2.05, 4.69) is 25.3 Å². The first kappa shape index (κ1) is 12.0. The first-order valence-corrected chi connectivity index (χ1v) is 6.74. The molecule has 0 spiro atoms. The van der Waals surface area contributed by atoms with Gasteiger partial charge >= 0.3 is 0 Å². The molecule has 0 N–H and O–H groups in total. The highest BCUT2D eigenvalue weighted by Crippen LogP contribution is 2.16. The van der Waals surface area contributed by atoms with Gasteiger partial charge in [0, 0.05) is 5.38 Å². The number of nitrogens with zero attached hydrogens (tertiary/aromatic N) is 2. The van der Waals surface area contributed by atoms with Gasteiger partial charge in [0.1, 0.15) is 11.0 Å². The van der Waals surface area contributed by atoms with Crippen molar-refractivity contribution in [3.05, 3.63) is 15.0 Å². The molecule has 1 aromatic rings. The van der Waals surface area contributed by atoms with Gasteiger partial charge in [0.05, 0.1) is 16.7 Å². The van der Waals surface area contributed by atoms with Gasteiger partial charge in [-0.25, -0.2) is 9.19 Å². The molecule has 0 fully saturated rings. The highest BCUT2D eigenvalue weighted by Gasteiger charge is 2.18. The topological polar surface area (TPSA) is 42.3 Å². The quantitative estimate of drug-likeness (QED) is 0.787. The molecule has 0 amide bonds. The van der Waals surface area contributed by atoms with Crippen molar-refractivity contribution < 1.29 is 4.21 Å². The Labute approximate surface area is 98.4 Å². The highest BCUT2D eigenvalue weighted by atomic mass is 79.9. The lowest BCUT2D eigenvalue weighted by molar-refractivity contribution is 0.651. The van der Waals surface area contributed by atoms with Crippen LogP contribution in [0.1, 0.15) is 26.5 Å². The van der Waals surface area contributed by atoms with Crippen molar-refractivity contribution >= 4 is 44.5 Å². The average molecular weight is 295 g/mol. The van der Waals surface area contributed by atoms with Gasteiger partial charge in [-0.3, -0.25) is 0 Å². The largest absolute Gasteiger partial charge is 0.234 e. The third-order valence-electron chi connectivity index (χ3n) is 1.30. The minimum Gasteiger partial charge on any atom is -0.234 e. The van der Waals surface area contributed by atoms with E-state index in [0.717, 1.165) is 9.61 Å². The molecule has 0 aromatic carbocycles. The Balaban J connectivity index is 2.70. The van der Waals surface area contributed by atoms with Gasteiger partial charge in [0.2, 0.25) is 0 Å². The van der Waals surface area contributed by atoms with Crippen LogP contribution in [0.2, 0.25) is 0 Å². The lowest BCUT2D eigenvalue weighted by Gasteiger charge is -2.12. The first-order valence-electron chi connectivity index (χ1n) is 3.96. The van der Waals surface area contributed by atoms with Gasteiger partial charge < -0.3 is 0 Å². The zero-order chi connectivity index (χ0) is 10.8. The summed E-state index contributed by atoms with van der Waals surface area (Å²) < 4.78 is 16.0. The zero-order valence-corrected chi connectivity index (χ0v) is 11.4. The molecule has 0 saturated carbocycles. The molecular formula is C8H11BrN2OS2. The molecule has 1 rings (SSSR count). The van der Waals surface area contributed by atoms with Crippen LogP contribution in [0.15, 0.2) is 13.7 Å². The van der Waals surface area contributed by atoms with E-state index in [4.69, 9.17) is 0 Å². The van der Waals surface area contributed by atoms with Crippen molar-refractivity contribution in [3.63, 3.8) is 0 Å². The fourth-order valence-corrected chi connectivity index (χ4v) is 2.08. The Morgan fingerprint density at radius 3 is 2.71 bits per heavy atom. The summed E-state index contributed by atoms with van der Waals surface area (Å²) in [5, 5.41) is 1.85. The number of hydrogen-bond donors (Lipinski definition) is 0. The molecule has 1 atom stereocenters. The number of hydrogen-bond acceptors (Lipinski definition) is 3. The molecule has 1 unspecified atom stereocenters. The fourth-order valence-electron chi connectivity index (χ4n) is 0.582. The summed E-state index contributed by atoms with van der Waals surface area (Å²) in [6.45, 7) is 5.66. The second-order valence-corrected chi connectivity index (χ2v) is 7.69.